The molecule has 0 saturated carbocycles. The molecule has 24 rings (SSSR count). The maximum atomic E-state index is 9.09. The summed E-state index contributed by atoms with van der Waals surface area (Å²) in [4.78, 5) is 17.9. The molecule has 2 heterocycles. The van der Waals surface area contributed by atoms with Crippen molar-refractivity contribution in [2.45, 2.75) is 18.3 Å². The highest BCUT2D eigenvalue weighted by Crippen LogP contribution is 3.36. The first-order valence-corrected chi connectivity index (χ1v) is 91.1. The Bertz CT molecular complexity index is 7530. The fraction of sp³-hybridized carbons (Fsp3) is 0.0303. The predicted octanol–water partition coefficient (Wildman–Crippen LogP) is 38.7. The molecule has 2 N–H and O–H groups in total. The van der Waals surface area contributed by atoms with Crippen molar-refractivity contribution >= 4 is 285 Å². The van der Waals surface area contributed by atoms with Gasteiger partial charge in [0.15, 0.2) is 0 Å². The lowest BCUT2D eigenvalue weighted by molar-refractivity contribution is 0.426. The summed E-state index contributed by atoms with van der Waals surface area (Å²) >= 11 is 7.52. The van der Waals surface area contributed by atoms with Gasteiger partial charge in [0.1, 0.15) is 0 Å². The van der Waals surface area contributed by atoms with Gasteiger partial charge in [0, 0.05) is 47.0 Å². The summed E-state index contributed by atoms with van der Waals surface area (Å²) < 4.78 is 0. The standard InChI is InChI=1S/C49H28N2.C35H19Cl.C14H11BN2O2.CH4.H29P27/c1-4-18-39-33(12-1)34-13-2-5-19-40(34)49(39)41-20-6-3-14-36(41)47-42(49)28-38-35-16-7-10-30-11-8-17-37(44(30)35)46(38)45(47)31-24-22-29(23-25-31)32-15-9-21-43-48(32)51-27-26-50-43;36-34-32-25-15-8-10-20-9-7-14-23(31(20)25)26(32)19-30-33(34)24-13-3-6-18-29(24)35(30)27-16-4-1-11-21(27)22-12-2-5-17-28(22)35;18-15(19)11-6-4-10(5-7-11)12-2-1-3-13-14(12)17-9-8-16-13;;1-15-22(14)26(23(16(2)3)17(4)5)27(24(18(6)7)19(8)9)25(20(10)11)21(12)13/h1-28H;1-19H;1-9,18-19H;1H4;15H,1-14H2. The van der Waals surface area contributed by atoms with E-state index in [0.29, 0.717) is 5.46 Å². The maximum Gasteiger partial charge on any atom is 0.488 e. The zero-order valence-corrected chi connectivity index (χ0v) is 99.6. The van der Waals surface area contributed by atoms with E-state index in [1.165, 1.54) is 166 Å². The van der Waals surface area contributed by atoms with Crippen molar-refractivity contribution in [3.63, 3.8) is 0 Å². The van der Waals surface area contributed by atoms with Gasteiger partial charge in [-0.2, -0.15) is 0 Å². The third kappa shape index (κ3) is 17.3. The van der Waals surface area contributed by atoms with Crippen LogP contribution in [-0.2, 0) is 10.8 Å². The molecule has 17 atom stereocenters. The number of benzene rings is 16. The Kier molecular flexibility index (Phi) is 31.5. The Morgan fingerprint density at radius 3 is 0.970 bits per heavy atom. The van der Waals surface area contributed by atoms with Crippen molar-refractivity contribution in [2.24, 2.45) is 0 Å². The minimum atomic E-state index is -1.44. The molecular weight excluding hydrogens is 2160 g/mol. The maximum absolute atomic E-state index is 9.09. The summed E-state index contributed by atoms with van der Waals surface area (Å²) in [6.07, 6.45) is 6.87. The van der Waals surface area contributed by atoms with Crippen LogP contribution >= 0.6 is 228 Å². The zero-order valence-electron chi connectivity index (χ0n) is 70.9. The molecule has 2 aromatic heterocycles. The average molecular weight is 2250 g/mol. The third-order valence-corrected chi connectivity index (χ3v) is 202. The van der Waals surface area contributed by atoms with Crippen molar-refractivity contribution in [3.8, 4) is 122 Å². The van der Waals surface area contributed by atoms with E-state index < -0.39 is 12.5 Å². The van der Waals surface area contributed by atoms with E-state index in [0.717, 1.165) is 57.3 Å². The quantitative estimate of drug-likeness (QED) is 0.0740. The molecule has 0 aliphatic heterocycles. The van der Waals surface area contributed by atoms with Crippen LogP contribution in [0, 0.1) is 0 Å². The van der Waals surface area contributed by atoms with Crippen LogP contribution in [-0.4, -0.2) is 37.1 Å². The Morgan fingerprint density at radius 2 is 0.575 bits per heavy atom. The van der Waals surface area contributed by atoms with Gasteiger partial charge >= 0.3 is 7.12 Å². The fourth-order valence-electron chi connectivity index (χ4n) is 20.8. The normalized spacial score (nSPS) is 13.9. The van der Waals surface area contributed by atoms with Crippen LogP contribution in [0.1, 0.15) is 51.9 Å². The van der Waals surface area contributed by atoms with Crippen molar-refractivity contribution in [1.82, 2.24) is 19.9 Å². The van der Waals surface area contributed by atoms with E-state index in [-0.39, 0.29) is 96.7 Å². The third-order valence-electron chi connectivity index (χ3n) is 25.6. The summed E-state index contributed by atoms with van der Waals surface area (Å²) in [5.41, 5.74) is 41.3. The fourth-order valence-corrected chi connectivity index (χ4v) is 365. The van der Waals surface area contributed by atoms with Gasteiger partial charge < -0.3 is 10.0 Å². The second kappa shape index (κ2) is 42.2. The molecule has 0 fully saturated rings. The summed E-state index contributed by atoms with van der Waals surface area (Å²) in [6, 6.07) is 114. The molecular formula is C99H91BClN4O2P27. The van der Waals surface area contributed by atoms with Crippen LogP contribution in [0.25, 0.3) is 166 Å². The van der Waals surface area contributed by atoms with E-state index in [1.807, 2.05) is 36.4 Å². The van der Waals surface area contributed by atoms with Crippen LogP contribution in [0.5, 0.6) is 0 Å². The first kappa shape index (κ1) is 99.9. The molecule has 0 bridgehead atoms. The van der Waals surface area contributed by atoms with Crippen LogP contribution in [0.2, 0.25) is 5.02 Å². The molecule has 6 aliphatic rings. The molecule has 134 heavy (non-hydrogen) atoms. The number of aromatic nitrogens is 4. The van der Waals surface area contributed by atoms with E-state index >= 15 is 0 Å². The minimum Gasteiger partial charge on any atom is -0.423 e. The molecule has 18 aromatic rings. The number of para-hydroxylation sites is 2. The summed E-state index contributed by atoms with van der Waals surface area (Å²) in [7, 11) is 45.1. The van der Waals surface area contributed by atoms with Crippen LogP contribution < -0.4 is 5.46 Å². The number of rotatable bonds is 16. The Labute approximate surface area is 836 Å². The predicted molar refractivity (Wildman–Crippen MR) is 667 cm³/mol. The highest BCUT2D eigenvalue weighted by Gasteiger charge is 2.56. The van der Waals surface area contributed by atoms with Gasteiger partial charge in [-0.25, -0.2) is 0 Å². The Morgan fingerprint density at radius 1 is 0.269 bits per heavy atom. The number of hydrogen-bond acceptors (Lipinski definition) is 6. The SMILES string of the molecule is C.Clc1c2c(cc3c1-c1ccccc1C31c3ccccc3-c3ccccc31)-c1cccc3cccc-2c13.OB(O)c1ccc(-c2cccc3nccnc23)cc1.PPP(P)P(P(P(P)P)P(P)P)P(P(P(P)P)P(P)P)P(P(P)P)P(P)P.c1ccc2c(c1)-c1ccccc1C21c2ccccc2-c2c1cc1c(c2-c2ccc(-c3cccc4nccnc34)cc2)-c2cccc3cccc-1c23. The first-order valence-electron chi connectivity index (χ1n) is 42.1. The second-order valence-corrected chi connectivity index (χ2v) is 139. The van der Waals surface area contributed by atoms with Crippen LogP contribution in [0.3, 0.4) is 0 Å². The van der Waals surface area contributed by atoms with Crippen molar-refractivity contribution in [1.29, 1.82) is 0 Å². The second-order valence-electron chi connectivity index (χ2n) is 32.5. The van der Waals surface area contributed by atoms with E-state index in [1.54, 1.807) is 36.9 Å². The van der Waals surface area contributed by atoms with Crippen LogP contribution in [0.15, 0.2) is 340 Å². The molecule has 2 spiro atoms. The molecule has 17 unspecified atom stereocenters. The van der Waals surface area contributed by atoms with E-state index in [4.69, 9.17) is 26.6 Å². The monoisotopic (exact) mass is 2250 g/mol. The molecule has 664 valence electrons. The smallest absolute Gasteiger partial charge is 0.423 e. The summed E-state index contributed by atoms with van der Waals surface area (Å²) in [5.74, 6) is 0. The Hall–Kier alpha value is -1.40. The lowest BCUT2D eigenvalue weighted by Crippen LogP contribution is -2.29. The van der Waals surface area contributed by atoms with Gasteiger partial charge in [-0.3, -0.25) is 19.9 Å². The lowest BCUT2D eigenvalue weighted by Gasteiger charge is -2.50. The number of halogens is 1. The van der Waals surface area contributed by atoms with Gasteiger partial charge in [-0.05, 0) is 280 Å². The first-order chi connectivity index (χ1) is 64.7. The van der Waals surface area contributed by atoms with Gasteiger partial charge in [-0.1, -0.05) is 318 Å². The number of hydrogen-bond donors (Lipinski definition) is 2. The van der Waals surface area contributed by atoms with Gasteiger partial charge in [-0.15, -0.1) is 125 Å². The topological polar surface area (TPSA) is 92.0 Å². The summed E-state index contributed by atoms with van der Waals surface area (Å²) in [6.45, 7) is 0.359. The lowest BCUT2D eigenvalue weighted by atomic mass is 9.69. The van der Waals surface area contributed by atoms with E-state index in [2.05, 4.69) is 407 Å². The molecule has 6 nitrogen and oxygen atoms in total. The van der Waals surface area contributed by atoms with Gasteiger partial charge in [0.25, 0.3) is 0 Å². The highest BCUT2D eigenvalue weighted by molar-refractivity contribution is 9.42. The molecule has 16 aromatic carbocycles. The molecule has 0 radical (unpaired) electrons. The van der Waals surface area contributed by atoms with Gasteiger partial charge in [0.2, 0.25) is 0 Å². The highest BCUT2D eigenvalue weighted by atomic mass is 35.5. The number of nitrogens with zero attached hydrogens (tertiary/aromatic N) is 4. The van der Waals surface area contributed by atoms with Crippen molar-refractivity contribution in [3.05, 3.63) is 390 Å². The van der Waals surface area contributed by atoms with Gasteiger partial charge in [0.05, 0.1) is 37.9 Å². The molecule has 0 amide bonds. The minimum absolute atomic E-state index is 0. The number of fused-ring (bicyclic) bond motifs is 28. The van der Waals surface area contributed by atoms with Crippen molar-refractivity contribution in [2.75, 3.05) is 0 Å². The van der Waals surface area contributed by atoms with Crippen molar-refractivity contribution < 1.29 is 10.0 Å². The molecule has 35 heteroatoms. The molecule has 6 aliphatic carbocycles. The van der Waals surface area contributed by atoms with Crippen LogP contribution in [0.4, 0.5) is 0 Å². The average Bonchev–Trinajstić information content (AvgIpc) is 1.50. The largest absolute Gasteiger partial charge is 0.488 e. The van der Waals surface area contributed by atoms with E-state index in [9.17, 15) is 0 Å². The zero-order chi connectivity index (χ0) is 91.7. The molecule has 0 saturated heterocycles. The Balaban J connectivity index is 0.000000118. The summed E-state index contributed by atoms with van der Waals surface area (Å²) in [5, 5.41) is 24.3.